The Labute approximate surface area is 153 Å². The quantitative estimate of drug-likeness (QED) is 0.450. The zero-order chi connectivity index (χ0) is 14.7. The van der Waals surface area contributed by atoms with Crippen molar-refractivity contribution in [3.05, 3.63) is 76.9 Å². The summed E-state index contributed by atoms with van der Waals surface area (Å²) >= 11 is 5.91. The molecule has 0 N–H and O–H groups in total. The first kappa shape index (κ1) is 17.0. The molecule has 1 aromatic heterocycles. The monoisotopic (exact) mass is 421 g/mol. The topological polar surface area (TPSA) is 3.88 Å². The van der Waals surface area contributed by atoms with E-state index in [9.17, 15) is 0 Å². The van der Waals surface area contributed by atoms with E-state index in [4.69, 9.17) is 11.6 Å². The highest BCUT2D eigenvalue weighted by molar-refractivity contribution is 6.30. The maximum atomic E-state index is 5.91. The van der Waals surface area contributed by atoms with E-state index in [1.54, 1.807) is 0 Å². The normalized spacial score (nSPS) is 10.8. The summed E-state index contributed by atoms with van der Waals surface area (Å²) in [5.74, 6) is 0. The molecule has 0 amide bonds. The molecular weight excluding hydrogens is 405 g/mol. The van der Waals surface area contributed by atoms with Gasteiger partial charge in [-0.15, -0.1) is 0 Å². The Morgan fingerprint density at radius 1 is 0.909 bits per heavy atom. The lowest BCUT2D eigenvalue weighted by molar-refractivity contribution is -0.669. The fraction of sp³-hybridized carbons (Fsp3) is 0.105. The second kappa shape index (κ2) is 7.75. The van der Waals surface area contributed by atoms with Gasteiger partial charge in [0.05, 0.1) is 0 Å². The molecule has 3 rings (SSSR count). The van der Waals surface area contributed by atoms with Crippen LogP contribution in [0.4, 0.5) is 0 Å². The van der Waals surface area contributed by atoms with Crippen LogP contribution >= 0.6 is 11.6 Å². The number of benzene rings is 2. The van der Waals surface area contributed by atoms with E-state index < -0.39 is 0 Å². The standard InChI is InChI=1S/C19H17ClN.HI/c1-2-21-18(13-9-15-7-11-17(20)12-8-15)14-10-16-5-3-4-6-19(16)21;/h3-14H,2H2,1H3;1H/q+1;/p-1/b13-9+;. The van der Waals surface area contributed by atoms with E-state index in [1.807, 2.05) is 24.3 Å². The van der Waals surface area contributed by atoms with Gasteiger partial charge in [0.25, 0.3) is 0 Å². The molecule has 1 nitrogen and oxygen atoms in total. The van der Waals surface area contributed by atoms with Crippen LogP contribution in [-0.2, 0) is 6.54 Å². The number of rotatable bonds is 3. The Morgan fingerprint density at radius 2 is 1.64 bits per heavy atom. The van der Waals surface area contributed by atoms with Crippen molar-refractivity contribution in [3.63, 3.8) is 0 Å². The third kappa shape index (κ3) is 3.68. The maximum Gasteiger partial charge on any atom is 0.212 e. The summed E-state index contributed by atoms with van der Waals surface area (Å²) < 4.78 is 2.32. The Kier molecular flexibility index (Phi) is 5.98. The third-order valence-corrected chi connectivity index (χ3v) is 3.86. The van der Waals surface area contributed by atoms with Crippen LogP contribution < -0.4 is 28.5 Å². The highest BCUT2D eigenvalue weighted by atomic mass is 127. The molecule has 3 heteroatoms. The molecule has 1 heterocycles. The molecule has 0 aliphatic carbocycles. The first-order valence-corrected chi connectivity index (χ1v) is 7.51. The lowest BCUT2D eigenvalue weighted by Gasteiger charge is -2.02. The van der Waals surface area contributed by atoms with Crippen LogP contribution in [0.3, 0.4) is 0 Å². The summed E-state index contributed by atoms with van der Waals surface area (Å²) in [6.07, 6.45) is 4.27. The van der Waals surface area contributed by atoms with Crippen LogP contribution in [0, 0.1) is 0 Å². The third-order valence-electron chi connectivity index (χ3n) is 3.61. The number of nitrogens with zero attached hydrogens (tertiary/aromatic N) is 1. The molecule has 0 bridgehead atoms. The number of hydrogen-bond acceptors (Lipinski definition) is 0. The summed E-state index contributed by atoms with van der Waals surface area (Å²) in [6.45, 7) is 3.12. The molecule has 0 radical (unpaired) electrons. The van der Waals surface area contributed by atoms with Gasteiger partial charge < -0.3 is 24.0 Å². The van der Waals surface area contributed by atoms with Crippen molar-refractivity contribution < 1.29 is 28.5 Å². The fourth-order valence-electron chi connectivity index (χ4n) is 2.53. The molecule has 0 saturated carbocycles. The minimum absolute atomic E-state index is 0. The van der Waals surface area contributed by atoms with Crippen molar-refractivity contribution in [3.8, 4) is 0 Å². The Bertz CT molecular complexity index is 794. The molecule has 22 heavy (non-hydrogen) atoms. The van der Waals surface area contributed by atoms with Crippen molar-refractivity contribution in [2.45, 2.75) is 13.5 Å². The fourth-order valence-corrected chi connectivity index (χ4v) is 2.66. The summed E-state index contributed by atoms with van der Waals surface area (Å²) in [4.78, 5) is 0. The molecule has 3 aromatic rings. The van der Waals surface area contributed by atoms with Crippen molar-refractivity contribution in [1.82, 2.24) is 0 Å². The van der Waals surface area contributed by atoms with Crippen molar-refractivity contribution in [2.75, 3.05) is 0 Å². The lowest BCUT2D eigenvalue weighted by atomic mass is 10.1. The van der Waals surface area contributed by atoms with E-state index in [-0.39, 0.29) is 24.0 Å². The zero-order valence-electron chi connectivity index (χ0n) is 12.3. The van der Waals surface area contributed by atoms with E-state index in [0.29, 0.717) is 0 Å². The van der Waals surface area contributed by atoms with E-state index in [0.717, 1.165) is 17.1 Å². The second-order valence-electron chi connectivity index (χ2n) is 4.95. The number of hydrogen-bond donors (Lipinski definition) is 0. The van der Waals surface area contributed by atoms with Gasteiger partial charge in [-0.05, 0) is 42.8 Å². The summed E-state index contributed by atoms with van der Waals surface area (Å²) in [5, 5.41) is 2.03. The highest BCUT2D eigenvalue weighted by Gasteiger charge is 2.10. The molecule has 2 aromatic carbocycles. The van der Waals surface area contributed by atoms with Gasteiger partial charge >= 0.3 is 0 Å². The highest BCUT2D eigenvalue weighted by Crippen LogP contribution is 2.14. The molecule has 0 atom stereocenters. The van der Waals surface area contributed by atoms with Gasteiger partial charge in [-0.3, -0.25) is 0 Å². The summed E-state index contributed by atoms with van der Waals surface area (Å²) in [6, 6.07) is 20.7. The van der Waals surface area contributed by atoms with Crippen LogP contribution in [0.1, 0.15) is 18.2 Å². The zero-order valence-corrected chi connectivity index (χ0v) is 15.3. The number of para-hydroxylation sites is 1. The minimum Gasteiger partial charge on any atom is -1.00 e. The first-order valence-electron chi connectivity index (χ1n) is 7.13. The number of pyridine rings is 1. The molecular formula is C19H17ClIN. The number of halogens is 2. The van der Waals surface area contributed by atoms with Gasteiger partial charge in [0.1, 0.15) is 6.54 Å². The van der Waals surface area contributed by atoms with Gasteiger partial charge in [-0.1, -0.05) is 35.9 Å². The number of aromatic nitrogens is 1. The van der Waals surface area contributed by atoms with Crippen LogP contribution in [0.5, 0.6) is 0 Å². The van der Waals surface area contributed by atoms with Crippen LogP contribution in [0.25, 0.3) is 23.1 Å². The van der Waals surface area contributed by atoms with Crippen LogP contribution in [0.15, 0.2) is 60.7 Å². The molecule has 0 aliphatic heterocycles. The van der Waals surface area contributed by atoms with Gasteiger partial charge in [0.2, 0.25) is 11.2 Å². The predicted molar refractivity (Wildman–Crippen MR) is 90.2 cm³/mol. The Balaban J connectivity index is 0.00000176. The molecule has 0 saturated heterocycles. The average Bonchev–Trinajstić information content (AvgIpc) is 2.53. The number of aryl methyl sites for hydroxylation is 1. The lowest BCUT2D eigenvalue weighted by Crippen LogP contribution is -3.00. The van der Waals surface area contributed by atoms with Gasteiger partial charge in [0, 0.05) is 28.6 Å². The Hall–Kier alpha value is -1.39. The van der Waals surface area contributed by atoms with E-state index in [1.165, 1.54) is 16.6 Å². The molecule has 112 valence electrons. The molecule has 0 spiro atoms. The average molecular weight is 422 g/mol. The van der Waals surface area contributed by atoms with Crippen molar-refractivity contribution in [1.29, 1.82) is 0 Å². The summed E-state index contributed by atoms with van der Waals surface area (Å²) in [5.41, 5.74) is 3.61. The maximum absolute atomic E-state index is 5.91. The van der Waals surface area contributed by atoms with Gasteiger partial charge in [-0.2, -0.15) is 4.57 Å². The van der Waals surface area contributed by atoms with Gasteiger partial charge in [-0.25, -0.2) is 0 Å². The van der Waals surface area contributed by atoms with Crippen molar-refractivity contribution in [2.24, 2.45) is 0 Å². The van der Waals surface area contributed by atoms with E-state index in [2.05, 4.69) is 60.0 Å². The largest absolute Gasteiger partial charge is 1.00 e. The van der Waals surface area contributed by atoms with E-state index >= 15 is 0 Å². The SMILES string of the molecule is CC[n+]1c(/C=C/c2ccc(Cl)cc2)ccc2ccccc21.[I-]. The second-order valence-corrected chi connectivity index (χ2v) is 5.38. The van der Waals surface area contributed by atoms with Crippen LogP contribution in [-0.4, -0.2) is 0 Å². The number of fused-ring (bicyclic) bond motifs is 1. The molecule has 0 fully saturated rings. The Morgan fingerprint density at radius 3 is 2.36 bits per heavy atom. The van der Waals surface area contributed by atoms with Gasteiger partial charge in [0.15, 0.2) is 0 Å². The summed E-state index contributed by atoms with van der Waals surface area (Å²) in [7, 11) is 0. The van der Waals surface area contributed by atoms with Crippen LogP contribution in [0.2, 0.25) is 5.02 Å². The smallest absolute Gasteiger partial charge is 0.212 e. The molecule has 0 aliphatic rings. The molecule has 0 unspecified atom stereocenters. The predicted octanol–water partition coefficient (Wildman–Crippen LogP) is 1.98. The van der Waals surface area contributed by atoms with Crippen molar-refractivity contribution >= 4 is 34.7 Å². The first-order chi connectivity index (χ1) is 10.3. The minimum atomic E-state index is 0.